The molecule has 1 N–H and O–H groups in total. The molecule has 0 spiro atoms. The van der Waals surface area contributed by atoms with Gasteiger partial charge in [0.05, 0.1) is 12.2 Å². The minimum absolute atomic E-state index is 0.0318. The second-order valence-electron chi connectivity index (χ2n) is 1.81. The van der Waals surface area contributed by atoms with Crippen molar-refractivity contribution in [1.82, 2.24) is 0 Å². The molecule has 0 saturated heterocycles. The Morgan fingerprint density at radius 3 is 2.38 bits per heavy atom. The lowest BCUT2D eigenvalue weighted by atomic mass is 10.2. The molecule has 0 heterocycles. The van der Waals surface area contributed by atoms with E-state index in [-0.39, 0.29) is 13.2 Å². The summed E-state index contributed by atoms with van der Waals surface area (Å²) in [6.45, 7) is 11.0. The van der Waals surface area contributed by atoms with Gasteiger partial charge in [-0.25, -0.2) is 4.79 Å². The summed E-state index contributed by atoms with van der Waals surface area (Å²) in [5.74, 6) is -0.448. The van der Waals surface area contributed by atoms with E-state index >= 15 is 0 Å². The summed E-state index contributed by atoms with van der Waals surface area (Å²) in [5, 5.41) is 8.32. The van der Waals surface area contributed by atoms with Gasteiger partial charge >= 0.3 is 5.97 Å². The van der Waals surface area contributed by atoms with Crippen LogP contribution in [0.4, 0.5) is 0 Å². The second kappa shape index (κ2) is 10.7. The molecule has 0 aromatic rings. The van der Waals surface area contributed by atoms with Gasteiger partial charge in [-0.2, -0.15) is 0 Å². The molecule has 3 heteroatoms. The van der Waals surface area contributed by atoms with E-state index in [4.69, 9.17) is 5.11 Å². The van der Waals surface area contributed by atoms with Crippen molar-refractivity contribution < 1.29 is 14.6 Å². The fraction of sp³-hybridized carbons (Fsp3) is 0.300. The van der Waals surface area contributed by atoms with E-state index in [9.17, 15) is 4.79 Å². The molecule has 3 nitrogen and oxygen atoms in total. The number of allylic oxidation sites excluding steroid dienone is 1. The number of carbonyl (C=O) groups is 1. The minimum atomic E-state index is -0.448. The van der Waals surface area contributed by atoms with Crippen LogP contribution in [0.5, 0.6) is 0 Å². The van der Waals surface area contributed by atoms with Crippen LogP contribution < -0.4 is 0 Å². The highest BCUT2D eigenvalue weighted by Gasteiger charge is 2.04. The lowest BCUT2D eigenvalue weighted by Gasteiger charge is -2.01. The molecule has 0 aliphatic carbocycles. The van der Waals surface area contributed by atoms with Crippen molar-refractivity contribution in [3.05, 3.63) is 37.5 Å². The summed E-state index contributed by atoms with van der Waals surface area (Å²) in [4.78, 5) is 10.9. The maximum atomic E-state index is 10.9. The van der Waals surface area contributed by atoms with Crippen LogP contribution >= 0.6 is 0 Å². The molecule has 0 aliphatic rings. The number of carbonyl (C=O) groups excluding carboxylic acids is 1. The largest absolute Gasteiger partial charge is 0.460 e. The molecule has 0 aliphatic heterocycles. The summed E-state index contributed by atoms with van der Waals surface area (Å²) < 4.78 is 4.61. The first-order valence-corrected chi connectivity index (χ1v) is 3.83. The fourth-order valence-corrected chi connectivity index (χ4v) is 0.541. The second-order valence-corrected chi connectivity index (χ2v) is 1.81. The van der Waals surface area contributed by atoms with Crippen LogP contribution in [0.2, 0.25) is 0 Å². The van der Waals surface area contributed by atoms with Crippen molar-refractivity contribution in [1.29, 1.82) is 0 Å². The molecule has 0 fully saturated rings. The zero-order valence-corrected chi connectivity index (χ0v) is 7.95. The summed E-state index contributed by atoms with van der Waals surface area (Å²) >= 11 is 0. The van der Waals surface area contributed by atoms with Crippen LogP contribution in [0, 0.1) is 0 Å². The minimum Gasteiger partial charge on any atom is -0.460 e. The fourth-order valence-electron chi connectivity index (χ4n) is 0.541. The Morgan fingerprint density at radius 1 is 1.54 bits per heavy atom. The van der Waals surface area contributed by atoms with Gasteiger partial charge in [0.1, 0.15) is 6.61 Å². The van der Waals surface area contributed by atoms with Gasteiger partial charge in [0, 0.05) is 0 Å². The molecule has 0 unspecified atom stereocenters. The summed E-state index contributed by atoms with van der Waals surface area (Å²) in [6.07, 6.45) is 3.02. The van der Waals surface area contributed by atoms with Crippen LogP contribution in [0.15, 0.2) is 37.5 Å². The third-order valence-electron chi connectivity index (χ3n) is 1.09. The van der Waals surface area contributed by atoms with Crippen LogP contribution in [-0.4, -0.2) is 24.3 Å². The molecule has 0 aromatic heterocycles. The van der Waals surface area contributed by atoms with E-state index in [2.05, 4.69) is 24.5 Å². The number of rotatable bonds is 4. The van der Waals surface area contributed by atoms with E-state index in [0.717, 1.165) is 0 Å². The Balaban J connectivity index is 0. The van der Waals surface area contributed by atoms with Crippen molar-refractivity contribution in [3.63, 3.8) is 0 Å². The van der Waals surface area contributed by atoms with E-state index in [1.807, 2.05) is 0 Å². The van der Waals surface area contributed by atoms with Gasteiger partial charge in [-0.05, 0) is 6.92 Å². The van der Waals surface area contributed by atoms with Gasteiger partial charge in [-0.15, -0.1) is 13.2 Å². The van der Waals surface area contributed by atoms with E-state index in [0.29, 0.717) is 5.57 Å². The van der Waals surface area contributed by atoms with E-state index < -0.39 is 5.97 Å². The van der Waals surface area contributed by atoms with E-state index in [1.165, 1.54) is 6.08 Å². The molecule has 0 aromatic carbocycles. The van der Waals surface area contributed by atoms with Crippen molar-refractivity contribution in [2.75, 3.05) is 13.2 Å². The normalized spacial score (nSPS) is 9.54. The third-order valence-corrected chi connectivity index (χ3v) is 1.09. The smallest absolute Gasteiger partial charge is 0.337 e. The lowest BCUT2D eigenvalue weighted by Crippen LogP contribution is -2.09. The average molecular weight is 184 g/mol. The monoisotopic (exact) mass is 184 g/mol. The first-order valence-electron chi connectivity index (χ1n) is 3.83. The third kappa shape index (κ3) is 7.03. The Bertz CT molecular complexity index is 183. The molecule has 0 bridgehead atoms. The zero-order chi connectivity index (χ0) is 10.7. The Labute approximate surface area is 79.0 Å². The average Bonchev–Trinajstić information content (AvgIpc) is 2.19. The lowest BCUT2D eigenvalue weighted by molar-refractivity contribution is -0.139. The highest BCUT2D eigenvalue weighted by atomic mass is 16.5. The van der Waals surface area contributed by atoms with Gasteiger partial charge in [0.25, 0.3) is 0 Å². The van der Waals surface area contributed by atoms with E-state index in [1.54, 1.807) is 13.0 Å². The zero-order valence-electron chi connectivity index (χ0n) is 7.95. The number of esters is 1. The van der Waals surface area contributed by atoms with Gasteiger partial charge in [-0.1, -0.05) is 18.7 Å². The maximum absolute atomic E-state index is 10.9. The summed E-state index contributed by atoms with van der Waals surface area (Å²) in [5.41, 5.74) is 0.415. The molecule has 0 radical (unpaired) electrons. The molecular weight excluding hydrogens is 168 g/mol. The summed E-state index contributed by atoms with van der Waals surface area (Å²) in [7, 11) is 0. The Kier molecular flexibility index (Phi) is 11.6. The molecule has 0 amide bonds. The SMILES string of the molecule is C=C.C=C/C(=C\C)C(=O)OCCO. The van der Waals surface area contributed by atoms with Gasteiger partial charge < -0.3 is 9.84 Å². The van der Waals surface area contributed by atoms with Gasteiger partial charge in [0.2, 0.25) is 0 Å². The van der Waals surface area contributed by atoms with Gasteiger partial charge in [0.15, 0.2) is 0 Å². The predicted octanol–water partition coefficient (Wildman–Crippen LogP) is 1.46. The topological polar surface area (TPSA) is 46.5 Å². The summed E-state index contributed by atoms with van der Waals surface area (Å²) in [6, 6.07) is 0. The van der Waals surface area contributed by atoms with Gasteiger partial charge in [-0.3, -0.25) is 0 Å². The Morgan fingerprint density at radius 2 is 2.08 bits per heavy atom. The van der Waals surface area contributed by atoms with Crippen LogP contribution in [0.1, 0.15) is 6.92 Å². The number of ether oxygens (including phenoxy) is 1. The molecule has 0 rings (SSSR count). The molecule has 13 heavy (non-hydrogen) atoms. The first-order chi connectivity index (χ1) is 6.26. The quantitative estimate of drug-likeness (QED) is 0.311. The molecule has 0 atom stereocenters. The number of hydrogen-bond acceptors (Lipinski definition) is 3. The highest BCUT2D eigenvalue weighted by Crippen LogP contribution is 1.97. The van der Waals surface area contributed by atoms with Crippen LogP contribution in [-0.2, 0) is 9.53 Å². The number of aliphatic hydroxyl groups is 1. The molecule has 0 saturated carbocycles. The van der Waals surface area contributed by atoms with Crippen molar-refractivity contribution in [2.24, 2.45) is 0 Å². The van der Waals surface area contributed by atoms with Crippen LogP contribution in [0.3, 0.4) is 0 Å². The van der Waals surface area contributed by atoms with Crippen molar-refractivity contribution >= 4 is 5.97 Å². The highest BCUT2D eigenvalue weighted by molar-refractivity contribution is 5.91. The number of hydrogen-bond donors (Lipinski definition) is 1. The maximum Gasteiger partial charge on any atom is 0.337 e. The molecule has 74 valence electrons. The van der Waals surface area contributed by atoms with Crippen molar-refractivity contribution in [3.8, 4) is 0 Å². The molecular formula is C10H16O3. The number of aliphatic hydroxyl groups excluding tert-OH is 1. The standard InChI is InChI=1S/C8H12O3.C2H4/c1-3-7(4-2)8(10)11-6-5-9;1-2/h3-4,9H,1,5-6H2,2H3;1-2H2/b7-4+;. The van der Waals surface area contributed by atoms with Crippen molar-refractivity contribution in [2.45, 2.75) is 6.92 Å². The Hall–Kier alpha value is -1.35. The van der Waals surface area contributed by atoms with Crippen LogP contribution in [0.25, 0.3) is 0 Å². The predicted molar refractivity (Wildman–Crippen MR) is 53.3 cm³/mol. The first kappa shape index (κ1) is 14.2.